The van der Waals surface area contributed by atoms with E-state index >= 15 is 0 Å². The van der Waals surface area contributed by atoms with Crippen molar-refractivity contribution >= 4 is 21.7 Å². The van der Waals surface area contributed by atoms with Gasteiger partial charge in [0.15, 0.2) is 0 Å². The predicted octanol–water partition coefficient (Wildman–Crippen LogP) is 4.80. The first-order valence-electron chi connectivity index (χ1n) is 7.04. The largest absolute Gasteiger partial charge is 0.488 e. The van der Waals surface area contributed by atoms with Crippen LogP contribution >= 0.6 is 15.9 Å². The van der Waals surface area contributed by atoms with Crippen molar-refractivity contribution in [3.63, 3.8) is 0 Å². The molecule has 110 valence electrons. The zero-order valence-corrected chi connectivity index (χ0v) is 13.9. The minimum absolute atomic E-state index is 0.0577. The Morgan fingerprint density at radius 3 is 2.48 bits per heavy atom. The van der Waals surface area contributed by atoms with E-state index in [1.807, 2.05) is 62.4 Å². The van der Waals surface area contributed by atoms with E-state index < -0.39 is 0 Å². The fourth-order valence-corrected chi connectivity index (χ4v) is 2.27. The highest BCUT2D eigenvalue weighted by Gasteiger charge is 2.10. The number of carbonyl (C=O) groups is 1. The molecule has 0 heterocycles. The van der Waals surface area contributed by atoms with Crippen molar-refractivity contribution in [1.29, 1.82) is 0 Å². The van der Waals surface area contributed by atoms with E-state index in [0.717, 1.165) is 21.3 Å². The van der Waals surface area contributed by atoms with Gasteiger partial charge in [0.05, 0.1) is 4.47 Å². The second kappa shape index (κ2) is 7.41. The molecule has 0 N–H and O–H groups in total. The van der Waals surface area contributed by atoms with Crippen LogP contribution in [0.2, 0.25) is 0 Å². The highest BCUT2D eigenvalue weighted by atomic mass is 79.9. The van der Waals surface area contributed by atoms with Crippen molar-refractivity contribution < 1.29 is 9.53 Å². The van der Waals surface area contributed by atoms with Gasteiger partial charge in [-0.25, -0.2) is 0 Å². The lowest BCUT2D eigenvalue weighted by molar-refractivity contribution is -0.121. The number of carbonyl (C=O) groups excluding carboxylic acids is 1. The molecule has 0 spiro atoms. The van der Waals surface area contributed by atoms with Crippen LogP contribution in [0.3, 0.4) is 0 Å². The molecule has 2 aromatic rings. The first kappa shape index (κ1) is 15.8. The molecule has 2 nitrogen and oxygen atoms in total. The lowest BCUT2D eigenvalue weighted by atomic mass is 10.0. The van der Waals surface area contributed by atoms with Gasteiger partial charge in [0.2, 0.25) is 0 Å². The Labute approximate surface area is 134 Å². The van der Waals surface area contributed by atoms with Gasteiger partial charge in [-0.1, -0.05) is 50.2 Å². The molecule has 0 amide bonds. The number of ether oxygens (including phenoxy) is 1. The van der Waals surface area contributed by atoms with Crippen LogP contribution in [-0.2, 0) is 17.8 Å². The number of hydrogen-bond donors (Lipinski definition) is 0. The monoisotopic (exact) mass is 346 g/mol. The van der Waals surface area contributed by atoms with E-state index in [4.69, 9.17) is 4.74 Å². The van der Waals surface area contributed by atoms with Gasteiger partial charge in [-0.05, 0) is 39.2 Å². The Bertz CT molecular complexity index is 606. The van der Waals surface area contributed by atoms with Crippen LogP contribution in [-0.4, -0.2) is 5.78 Å². The number of halogens is 1. The second-order valence-corrected chi connectivity index (χ2v) is 6.19. The van der Waals surface area contributed by atoms with E-state index in [1.165, 1.54) is 0 Å². The van der Waals surface area contributed by atoms with Crippen molar-refractivity contribution in [2.24, 2.45) is 5.92 Å². The summed E-state index contributed by atoms with van der Waals surface area (Å²) in [6.45, 7) is 4.36. The maximum absolute atomic E-state index is 11.8. The average Bonchev–Trinajstić information content (AvgIpc) is 2.48. The van der Waals surface area contributed by atoms with Crippen LogP contribution in [0, 0.1) is 5.92 Å². The fraction of sp³-hybridized carbons (Fsp3) is 0.278. The summed E-state index contributed by atoms with van der Waals surface area (Å²) in [5.41, 5.74) is 2.10. The van der Waals surface area contributed by atoms with Gasteiger partial charge < -0.3 is 4.74 Å². The van der Waals surface area contributed by atoms with E-state index in [9.17, 15) is 4.79 Å². The standard InChI is InChI=1S/C18H19BrO2/c1-13(2)17(20)10-15-8-9-16(19)18(11-15)21-12-14-6-4-3-5-7-14/h3-9,11,13H,10,12H2,1-2H3. The molecule has 0 saturated carbocycles. The zero-order chi connectivity index (χ0) is 15.2. The van der Waals surface area contributed by atoms with Crippen LogP contribution in [0.15, 0.2) is 53.0 Å². The van der Waals surface area contributed by atoms with Gasteiger partial charge in [0.25, 0.3) is 0 Å². The molecule has 0 atom stereocenters. The SMILES string of the molecule is CC(C)C(=O)Cc1ccc(Br)c(OCc2ccccc2)c1. The average molecular weight is 347 g/mol. The van der Waals surface area contributed by atoms with Crippen LogP contribution in [0.5, 0.6) is 5.75 Å². The van der Waals surface area contributed by atoms with Crippen molar-refractivity contribution in [3.05, 3.63) is 64.1 Å². The third kappa shape index (κ3) is 4.71. The molecule has 0 saturated heterocycles. The molecule has 0 aliphatic rings. The van der Waals surface area contributed by atoms with Crippen LogP contribution in [0.4, 0.5) is 0 Å². The molecule has 3 heteroatoms. The topological polar surface area (TPSA) is 26.3 Å². The van der Waals surface area contributed by atoms with Gasteiger partial charge in [0.1, 0.15) is 18.1 Å². The molecular weight excluding hydrogens is 328 g/mol. The molecule has 2 rings (SSSR count). The fourth-order valence-electron chi connectivity index (χ4n) is 1.91. The highest BCUT2D eigenvalue weighted by Crippen LogP contribution is 2.27. The van der Waals surface area contributed by atoms with Gasteiger partial charge in [-0.15, -0.1) is 0 Å². The van der Waals surface area contributed by atoms with Gasteiger partial charge in [0, 0.05) is 12.3 Å². The number of ketones is 1. The summed E-state index contributed by atoms with van der Waals surface area (Å²) in [4.78, 5) is 11.8. The van der Waals surface area contributed by atoms with Gasteiger partial charge in [-0.3, -0.25) is 4.79 Å². The Morgan fingerprint density at radius 1 is 1.10 bits per heavy atom. The molecule has 0 unspecified atom stereocenters. The summed E-state index contributed by atoms with van der Waals surface area (Å²) < 4.78 is 6.75. The van der Waals surface area contributed by atoms with E-state index in [2.05, 4.69) is 15.9 Å². The van der Waals surface area contributed by atoms with Gasteiger partial charge >= 0.3 is 0 Å². The third-order valence-corrected chi connectivity index (χ3v) is 3.91. The summed E-state index contributed by atoms with van der Waals surface area (Å²) in [7, 11) is 0. The number of rotatable bonds is 6. The van der Waals surface area contributed by atoms with E-state index in [1.54, 1.807) is 0 Å². The van der Waals surface area contributed by atoms with Crippen molar-refractivity contribution in [2.75, 3.05) is 0 Å². The number of benzene rings is 2. The molecule has 0 aliphatic heterocycles. The third-order valence-electron chi connectivity index (χ3n) is 3.26. The highest BCUT2D eigenvalue weighted by molar-refractivity contribution is 9.10. The second-order valence-electron chi connectivity index (χ2n) is 5.34. The molecular formula is C18H19BrO2. The first-order chi connectivity index (χ1) is 10.1. The van der Waals surface area contributed by atoms with Crippen LogP contribution in [0.1, 0.15) is 25.0 Å². The molecule has 0 fully saturated rings. The molecule has 0 radical (unpaired) electrons. The summed E-state index contributed by atoms with van der Waals surface area (Å²) in [5, 5.41) is 0. The predicted molar refractivity (Wildman–Crippen MR) is 88.5 cm³/mol. The lowest BCUT2D eigenvalue weighted by Gasteiger charge is -2.11. The van der Waals surface area contributed by atoms with Gasteiger partial charge in [-0.2, -0.15) is 0 Å². The maximum Gasteiger partial charge on any atom is 0.139 e. The smallest absolute Gasteiger partial charge is 0.139 e. The molecule has 0 aliphatic carbocycles. The van der Waals surface area contributed by atoms with Crippen LogP contribution in [0.25, 0.3) is 0 Å². The van der Waals surface area contributed by atoms with Crippen molar-refractivity contribution in [3.8, 4) is 5.75 Å². The quantitative estimate of drug-likeness (QED) is 0.751. The molecule has 0 bridgehead atoms. The Morgan fingerprint density at radius 2 is 1.81 bits per heavy atom. The summed E-state index contributed by atoms with van der Waals surface area (Å²) in [6.07, 6.45) is 0.451. The Kier molecular flexibility index (Phi) is 5.57. The summed E-state index contributed by atoms with van der Waals surface area (Å²) in [6, 6.07) is 15.9. The maximum atomic E-state index is 11.8. The first-order valence-corrected chi connectivity index (χ1v) is 7.83. The van der Waals surface area contributed by atoms with E-state index in [0.29, 0.717) is 13.0 Å². The molecule has 2 aromatic carbocycles. The number of hydrogen-bond acceptors (Lipinski definition) is 2. The minimum atomic E-state index is 0.0577. The number of Topliss-reactive ketones (excluding diaryl/α,β-unsaturated/α-hetero) is 1. The summed E-state index contributed by atoms with van der Waals surface area (Å²) in [5.74, 6) is 1.07. The Balaban J connectivity index is 2.07. The lowest BCUT2D eigenvalue weighted by Crippen LogP contribution is -2.10. The minimum Gasteiger partial charge on any atom is -0.488 e. The normalized spacial score (nSPS) is 10.7. The molecule has 21 heavy (non-hydrogen) atoms. The van der Waals surface area contributed by atoms with Crippen molar-refractivity contribution in [1.82, 2.24) is 0 Å². The van der Waals surface area contributed by atoms with Crippen molar-refractivity contribution in [2.45, 2.75) is 26.9 Å². The Hall–Kier alpha value is -1.61. The van der Waals surface area contributed by atoms with E-state index in [-0.39, 0.29) is 11.7 Å². The zero-order valence-electron chi connectivity index (χ0n) is 12.3. The molecule has 0 aromatic heterocycles. The summed E-state index contributed by atoms with van der Waals surface area (Å²) >= 11 is 3.49. The van der Waals surface area contributed by atoms with Crippen LogP contribution < -0.4 is 4.74 Å².